The van der Waals surface area contributed by atoms with Gasteiger partial charge >= 0.3 is 0 Å². The number of aromatic nitrogens is 1. The zero-order valence-corrected chi connectivity index (χ0v) is 16.5. The van der Waals surface area contributed by atoms with E-state index >= 15 is 0 Å². The lowest BCUT2D eigenvalue weighted by Crippen LogP contribution is -2.43. The van der Waals surface area contributed by atoms with Crippen LogP contribution in [0.2, 0.25) is 5.02 Å². The Kier molecular flexibility index (Phi) is 4.96. The van der Waals surface area contributed by atoms with Gasteiger partial charge in [-0.3, -0.25) is 9.59 Å². The van der Waals surface area contributed by atoms with Gasteiger partial charge in [-0.25, -0.2) is 0 Å². The molecular weight excluding hydrogens is 376 g/mol. The summed E-state index contributed by atoms with van der Waals surface area (Å²) in [6, 6.07) is 13.1. The molecule has 1 aliphatic rings. The fourth-order valence-corrected chi connectivity index (χ4v) is 3.96. The van der Waals surface area contributed by atoms with Gasteiger partial charge in [0.1, 0.15) is 11.7 Å². The van der Waals surface area contributed by atoms with Crippen molar-refractivity contribution in [3.63, 3.8) is 0 Å². The summed E-state index contributed by atoms with van der Waals surface area (Å²) in [6.45, 7) is 5.18. The maximum Gasteiger partial charge on any atom is 0.261 e. The van der Waals surface area contributed by atoms with E-state index in [1.165, 1.54) is 0 Å². The first-order valence-electron chi connectivity index (χ1n) is 9.23. The first-order valence-corrected chi connectivity index (χ1v) is 9.61. The topological polar surface area (TPSA) is 62.4 Å². The molecule has 0 aliphatic carbocycles. The normalized spacial score (nSPS) is 17.1. The summed E-state index contributed by atoms with van der Waals surface area (Å²) in [5.41, 5.74) is 3.55. The number of ether oxygens (including phenoxy) is 1. The lowest BCUT2D eigenvalue weighted by Gasteiger charge is -2.33. The number of amides is 1. The summed E-state index contributed by atoms with van der Waals surface area (Å²) in [5, 5.41) is 1.49. The number of rotatable bonds is 2. The zero-order valence-electron chi connectivity index (χ0n) is 15.8. The zero-order chi connectivity index (χ0) is 19.8. The van der Waals surface area contributed by atoms with E-state index in [9.17, 15) is 9.59 Å². The molecule has 2 aromatic carbocycles. The van der Waals surface area contributed by atoms with Crippen LogP contribution in [0.1, 0.15) is 33.2 Å². The van der Waals surface area contributed by atoms with Gasteiger partial charge in [-0.2, -0.15) is 0 Å². The molecule has 28 heavy (non-hydrogen) atoms. The predicted molar refractivity (Wildman–Crippen MR) is 110 cm³/mol. The molecule has 1 aromatic heterocycles. The van der Waals surface area contributed by atoms with Gasteiger partial charge in [0.05, 0.1) is 18.7 Å². The summed E-state index contributed by atoms with van der Waals surface area (Å²) in [6.07, 6.45) is -0.263. The number of carbonyl (C=O) groups is 1. The van der Waals surface area contributed by atoms with E-state index in [0.717, 1.165) is 27.6 Å². The molecule has 0 bridgehead atoms. The standard InChI is InChI=1S/C22H21ClN2O3/c1-13-8-14(2)20-16(9-13)11-18(21(26)24-20)22(27)25-6-7-28-19(12-25)15-4-3-5-17(23)10-15/h3-5,8-11,19H,6-7,12H2,1-2H3,(H,24,26). The Morgan fingerprint density at radius 2 is 2.04 bits per heavy atom. The van der Waals surface area contributed by atoms with Crippen LogP contribution in [0.25, 0.3) is 10.9 Å². The number of hydrogen-bond donors (Lipinski definition) is 1. The molecule has 6 heteroatoms. The third-order valence-corrected chi connectivity index (χ3v) is 5.33. The van der Waals surface area contributed by atoms with E-state index in [1.807, 2.05) is 44.2 Å². The molecule has 4 rings (SSSR count). The number of aryl methyl sites for hydroxylation is 2. The van der Waals surface area contributed by atoms with Crippen molar-refractivity contribution < 1.29 is 9.53 Å². The van der Waals surface area contributed by atoms with Gasteiger partial charge in [-0.1, -0.05) is 35.4 Å². The highest BCUT2D eigenvalue weighted by atomic mass is 35.5. The number of fused-ring (bicyclic) bond motifs is 1. The first-order chi connectivity index (χ1) is 13.4. The Morgan fingerprint density at radius 3 is 2.82 bits per heavy atom. The van der Waals surface area contributed by atoms with Crippen LogP contribution in [0, 0.1) is 13.8 Å². The first kappa shape index (κ1) is 18.7. The molecule has 0 radical (unpaired) electrons. The van der Waals surface area contributed by atoms with Crippen LogP contribution < -0.4 is 5.56 Å². The number of aromatic amines is 1. The van der Waals surface area contributed by atoms with Crippen molar-refractivity contribution in [2.24, 2.45) is 0 Å². The minimum atomic E-state index is -0.366. The van der Waals surface area contributed by atoms with E-state index in [0.29, 0.717) is 24.7 Å². The molecule has 1 unspecified atom stereocenters. The Hall–Kier alpha value is -2.63. The smallest absolute Gasteiger partial charge is 0.261 e. The van der Waals surface area contributed by atoms with Crippen molar-refractivity contribution in [1.82, 2.24) is 9.88 Å². The van der Waals surface area contributed by atoms with E-state index in [-0.39, 0.29) is 23.1 Å². The second-order valence-corrected chi connectivity index (χ2v) is 7.66. The highest BCUT2D eigenvalue weighted by molar-refractivity contribution is 6.30. The van der Waals surface area contributed by atoms with Crippen LogP contribution in [0.15, 0.2) is 47.3 Å². The molecule has 1 N–H and O–H groups in total. The van der Waals surface area contributed by atoms with Crippen molar-refractivity contribution in [3.05, 3.63) is 80.1 Å². The molecular formula is C22H21ClN2O3. The molecule has 2 heterocycles. The number of H-pyrrole nitrogens is 1. The number of benzene rings is 2. The Labute approximate surface area is 167 Å². The fraction of sp³-hybridized carbons (Fsp3) is 0.273. The molecule has 3 aromatic rings. The molecule has 1 aliphatic heterocycles. The molecule has 1 fully saturated rings. The van der Waals surface area contributed by atoms with Gasteiger partial charge in [0.15, 0.2) is 0 Å². The number of halogens is 1. The minimum Gasteiger partial charge on any atom is -0.370 e. The van der Waals surface area contributed by atoms with E-state index in [4.69, 9.17) is 16.3 Å². The summed E-state index contributed by atoms with van der Waals surface area (Å²) in [4.78, 5) is 30.2. The van der Waals surface area contributed by atoms with Crippen LogP contribution in [0.3, 0.4) is 0 Å². The Balaban J connectivity index is 1.65. The molecule has 144 valence electrons. The monoisotopic (exact) mass is 396 g/mol. The van der Waals surface area contributed by atoms with Crippen molar-refractivity contribution in [2.75, 3.05) is 19.7 Å². The van der Waals surface area contributed by atoms with Crippen molar-refractivity contribution in [3.8, 4) is 0 Å². The van der Waals surface area contributed by atoms with Gasteiger partial charge in [-0.15, -0.1) is 0 Å². The molecule has 5 nitrogen and oxygen atoms in total. The lowest BCUT2D eigenvalue weighted by atomic mass is 10.0. The van der Waals surface area contributed by atoms with Crippen molar-refractivity contribution >= 4 is 28.4 Å². The summed E-state index contributed by atoms with van der Waals surface area (Å²) < 4.78 is 5.83. The third kappa shape index (κ3) is 3.55. The maximum atomic E-state index is 13.1. The lowest BCUT2D eigenvalue weighted by molar-refractivity contribution is -0.0228. The average molecular weight is 397 g/mol. The molecule has 0 spiro atoms. The molecule has 1 atom stereocenters. The Morgan fingerprint density at radius 1 is 1.21 bits per heavy atom. The summed E-state index contributed by atoms with van der Waals surface area (Å²) in [5.74, 6) is -0.280. The summed E-state index contributed by atoms with van der Waals surface area (Å²) >= 11 is 6.08. The highest BCUT2D eigenvalue weighted by Crippen LogP contribution is 2.25. The summed E-state index contributed by atoms with van der Waals surface area (Å²) in [7, 11) is 0. The second-order valence-electron chi connectivity index (χ2n) is 7.22. The highest BCUT2D eigenvalue weighted by Gasteiger charge is 2.28. The van der Waals surface area contributed by atoms with Crippen LogP contribution in [0.5, 0.6) is 0 Å². The van der Waals surface area contributed by atoms with Gasteiger partial charge in [0, 0.05) is 11.6 Å². The number of nitrogens with zero attached hydrogens (tertiary/aromatic N) is 1. The third-order valence-electron chi connectivity index (χ3n) is 5.10. The number of morpholine rings is 1. The van der Waals surface area contributed by atoms with E-state index in [1.54, 1.807) is 17.0 Å². The number of hydrogen-bond acceptors (Lipinski definition) is 3. The van der Waals surface area contributed by atoms with Gasteiger partial charge in [0.25, 0.3) is 11.5 Å². The molecule has 1 saturated heterocycles. The SMILES string of the molecule is Cc1cc(C)c2[nH]c(=O)c(C(=O)N3CCOC(c4cccc(Cl)c4)C3)cc2c1. The van der Waals surface area contributed by atoms with Gasteiger partial charge < -0.3 is 14.6 Å². The fourth-order valence-electron chi connectivity index (χ4n) is 3.76. The van der Waals surface area contributed by atoms with Gasteiger partial charge in [0.2, 0.25) is 0 Å². The number of nitrogens with one attached hydrogen (secondary N) is 1. The number of pyridine rings is 1. The maximum absolute atomic E-state index is 13.1. The quantitative estimate of drug-likeness (QED) is 0.711. The van der Waals surface area contributed by atoms with Crippen molar-refractivity contribution in [1.29, 1.82) is 0 Å². The van der Waals surface area contributed by atoms with Crippen LogP contribution in [0.4, 0.5) is 0 Å². The van der Waals surface area contributed by atoms with E-state index < -0.39 is 0 Å². The van der Waals surface area contributed by atoms with Crippen LogP contribution in [-0.2, 0) is 4.74 Å². The second kappa shape index (κ2) is 7.41. The van der Waals surface area contributed by atoms with Crippen LogP contribution in [-0.4, -0.2) is 35.5 Å². The van der Waals surface area contributed by atoms with Crippen molar-refractivity contribution in [2.45, 2.75) is 20.0 Å². The molecule has 1 amide bonds. The minimum absolute atomic E-state index is 0.157. The largest absolute Gasteiger partial charge is 0.370 e. The Bertz CT molecular complexity index is 1120. The predicted octanol–water partition coefficient (Wildman–Crippen LogP) is 4.01. The van der Waals surface area contributed by atoms with Crippen LogP contribution >= 0.6 is 11.6 Å². The number of carbonyl (C=O) groups excluding carboxylic acids is 1. The van der Waals surface area contributed by atoms with Gasteiger partial charge in [-0.05, 0) is 54.6 Å². The van der Waals surface area contributed by atoms with E-state index in [2.05, 4.69) is 4.98 Å². The average Bonchev–Trinajstić information content (AvgIpc) is 2.68. The molecule has 0 saturated carbocycles.